The van der Waals surface area contributed by atoms with Gasteiger partial charge in [-0.3, -0.25) is 0 Å². The molecule has 1 N–H and O–H groups in total. The summed E-state index contributed by atoms with van der Waals surface area (Å²) < 4.78 is 0. The molecule has 1 heteroatoms. The SMILES string of the molecule is OCCCc1cccc(C2CCC2)c1. The summed E-state index contributed by atoms with van der Waals surface area (Å²) in [6.07, 6.45) is 6.02. The van der Waals surface area contributed by atoms with Crippen LogP contribution in [-0.2, 0) is 6.42 Å². The minimum atomic E-state index is 0.299. The number of aryl methyl sites for hydroxylation is 1. The molecule has 0 heterocycles. The Kier molecular flexibility index (Phi) is 3.20. The molecule has 1 aliphatic rings. The van der Waals surface area contributed by atoms with Crippen molar-refractivity contribution in [2.45, 2.75) is 38.0 Å². The number of benzene rings is 1. The number of aliphatic hydroxyl groups is 1. The molecule has 1 aliphatic carbocycles. The van der Waals surface area contributed by atoms with E-state index in [1.807, 2.05) is 0 Å². The highest BCUT2D eigenvalue weighted by atomic mass is 16.2. The third kappa shape index (κ3) is 2.16. The Morgan fingerprint density at radius 2 is 2.14 bits per heavy atom. The molecule has 0 atom stereocenters. The van der Waals surface area contributed by atoms with E-state index in [9.17, 15) is 0 Å². The van der Waals surface area contributed by atoms with Gasteiger partial charge < -0.3 is 5.11 Å². The van der Waals surface area contributed by atoms with Crippen LogP contribution < -0.4 is 0 Å². The molecule has 1 aromatic carbocycles. The van der Waals surface area contributed by atoms with Crippen LogP contribution in [0.4, 0.5) is 0 Å². The van der Waals surface area contributed by atoms with Crippen LogP contribution in [0.15, 0.2) is 24.3 Å². The van der Waals surface area contributed by atoms with Crippen LogP contribution in [0.1, 0.15) is 42.7 Å². The van der Waals surface area contributed by atoms with Crippen molar-refractivity contribution in [2.75, 3.05) is 6.61 Å². The third-order valence-electron chi connectivity index (χ3n) is 3.15. The minimum absolute atomic E-state index is 0.299. The van der Waals surface area contributed by atoms with Gasteiger partial charge in [-0.05, 0) is 42.7 Å². The Morgan fingerprint density at radius 1 is 1.29 bits per heavy atom. The molecule has 2 rings (SSSR count). The summed E-state index contributed by atoms with van der Waals surface area (Å²) in [5, 5.41) is 8.76. The summed E-state index contributed by atoms with van der Waals surface area (Å²) in [6, 6.07) is 8.88. The predicted molar refractivity (Wildman–Crippen MR) is 58.4 cm³/mol. The molecule has 0 bridgehead atoms. The van der Waals surface area contributed by atoms with E-state index in [1.54, 1.807) is 0 Å². The van der Waals surface area contributed by atoms with E-state index in [-0.39, 0.29) is 0 Å². The second-order valence-corrected chi connectivity index (χ2v) is 4.20. The van der Waals surface area contributed by atoms with Gasteiger partial charge in [0, 0.05) is 6.61 Å². The molecule has 76 valence electrons. The Bertz CT molecular complexity index is 289. The third-order valence-corrected chi connectivity index (χ3v) is 3.15. The van der Waals surface area contributed by atoms with E-state index >= 15 is 0 Å². The lowest BCUT2D eigenvalue weighted by Gasteiger charge is -2.26. The van der Waals surface area contributed by atoms with Crippen LogP contribution in [0.2, 0.25) is 0 Å². The number of hydrogen-bond acceptors (Lipinski definition) is 1. The van der Waals surface area contributed by atoms with E-state index in [0.29, 0.717) is 6.61 Å². The predicted octanol–water partition coefficient (Wildman–Crippen LogP) is 2.88. The molecule has 1 nitrogen and oxygen atoms in total. The molecule has 0 saturated heterocycles. The molecule has 0 spiro atoms. The van der Waals surface area contributed by atoms with Crippen molar-refractivity contribution in [3.05, 3.63) is 35.4 Å². The van der Waals surface area contributed by atoms with Gasteiger partial charge in [0.2, 0.25) is 0 Å². The highest BCUT2D eigenvalue weighted by molar-refractivity contribution is 5.27. The van der Waals surface area contributed by atoms with Gasteiger partial charge in [-0.1, -0.05) is 30.7 Å². The fourth-order valence-electron chi connectivity index (χ4n) is 2.03. The zero-order valence-corrected chi connectivity index (χ0v) is 8.58. The van der Waals surface area contributed by atoms with Gasteiger partial charge in [-0.25, -0.2) is 0 Å². The van der Waals surface area contributed by atoms with E-state index in [1.165, 1.54) is 30.4 Å². The second kappa shape index (κ2) is 4.61. The molecule has 14 heavy (non-hydrogen) atoms. The number of rotatable bonds is 4. The Morgan fingerprint density at radius 3 is 2.79 bits per heavy atom. The molecular formula is C13H18O. The van der Waals surface area contributed by atoms with Crippen molar-refractivity contribution < 1.29 is 5.11 Å². The van der Waals surface area contributed by atoms with Crippen LogP contribution in [0.3, 0.4) is 0 Å². The maximum Gasteiger partial charge on any atom is 0.0434 e. The smallest absolute Gasteiger partial charge is 0.0434 e. The van der Waals surface area contributed by atoms with E-state index in [4.69, 9.17) is 5.11 Å². The summed E-state index contributed by atoms with van der Waals surface area (Å²) >= 11 is 0. The van der Waals surface area contributed by atoms with E-state index in [0.717, 1.165) is 18.8 Å². The van der Waals surface area contributed by atoms with Crippen molar-refractivity contribution in [2.24, 2.45) is 0 Å². The molecule has 0 radical (unpaired) electrons. The molecule has 1 aromatic rings. The van der Waals surface area contributed by atoms with Gasteiger partial charge in [-0.2, -0.15) is 0 Å². The normalized spacial score (nSPS) is 16.6. The first-order valence-corrected chi connectivity index (χ1v) is 5.60. The standard InChI is InChI=1S/C13H18O/c14-9-3-5-11-4-1-8-13(10-11)12-6-2-7-12/h1,4,8,10,12,14H,2-3,5-7,9H2. The minimum Gasteiger partial charge on any atom is -0.396 e. The molecule has 1 fully saturated rings. The highest BCUT2D eigenvalue weighted by Crippen LogP contribution is 2.36. The fraction of sp³-hybridized carbons (Fsp3) is 0.538. The summed E-state index contributed by atoms with van der Waals surface area (Å²) in [7, 11) is 0. The quantitative estimate of drug-likeness (QED) is 0.774. The molecule has 1 saturated carbocycles. The van der Waals surface area contributed by atoms with Crippen LogP contribution in [0.5, 0.6) is 0 Å². The topological polar surface area (TPSA) is 20.2 Å². The van der Waals surface area contributed by atoms with Gasteiger partial charge >= 0.3 is 0 Å². The molecule has 0 aliphatic heterocycles. The molecule has 0 aromatic heterocycles. The van der Waals surface area contributed by atoms with E-state index in [2.05, 4.69) is 24.3 Å². The number of hydrogen-bond donors (Lipinski definition) is 1. The first-order chi connectivity index (χ1) is 6.90. The summed E-state index contributed by atoms with van der Waals surface area (Å²) in [5.74, 6) is 0.823. The van der Waals surface area contributed by atoms with E-state index < -0.39 is 0 Å². The zero-order valence-electron chi connectivity index (χ0n) is 8.58. The first kappa shape index (κ1) is 9.72. The van der Waals surface area contributed by atoms with Crippen LogP contribution in [0.25, 0.3) is 0 Å². The molecule has 0 unspecified atom stereocenters. The Labute approximate surface area is 85.8 Å². The van der Waals surface area contributed by atoms with Gasteiger partial charge in [0.15, 0.2) is 0 Å². The average Bonchev–Trinajstić information content (AvgIpc) is 2.13. The second-order valence-electron chi connectivity index (χ2n) is 4.20. The average molecular weight is 190 g/mol. The Balaban J connectivity index is 2.02. The van der Waals surface area contributed by atoms with Crippen molar-refractivity contribution in [1.82, 2.24) is 0 Å². The van der Waals surface area contributed by atoms with Gasteiger partial charge in [0.1, 0.15) is 0 Å². The van der Waals surface area contributed by atoms with Crippen LogP contribution in [-0.4, -0.2) is 11.7 Å². The molecular weight excluding hydrogens is 172 g/mol. The highest BCUT2D eigenvalue weighted by Gasteiger charge is 2.19. The largest absolute Gasteiger partial charge is 0.396 e. The summed E-state index contributed by atoms with van der Waals surface area (Å²) in [4.78, 5) is 0. The Hall–Kier alpha value is -0.820. The first-order valence-electron chi connectivity index (χ1n) is 5.60. The van der Waals surface area contributed by atoms with Gasteiger partial charge in [0.25, 0.3) is 0 Å². The maximum atomic E-state index is 8.76. The van der Waals surface area contributed by atoms with Crippen molar-refractivity contribution in [3.63, 3.8) is 0 Å². The monoisotopic (exact) mass is 190 g/mol. The van der Waals surface area contributed by atoms with Gasteiger partial charge in [-0.15, -0.1) is 0 Å². The summed E-state index contributed by atoms with van der Waals surface area (Å²) in [5.41, 5.74) is 2.88. The lowest BCUT2D eigenvalue weighted by atomic mass is 9.79. The van der Waals surface area contributed by atoms with Crippen LogP contribution >= 0.6 is 0 Å². The maximum absolute atomic E-state index is 8.76. The van der Waals surface area contributed by atoms with Crippen molar-refractivity contribution in [3.8, 4) is 0 Å². The summed E-state index contributed by atoms with van der Waals surface area (Å²) in [6.45, 7) is 0.299. The van der Waals surface area contributed by atoms with Crippen LogP contribution in [0, 0.1) is 0 Å². The zero-order chi connectivity index (χ0) is 9.80. The van der Waals surface area contributed by atoms with Crippen molar-refractivity contribution >= 4 is 0 Å². The molecule has 0 amide bonds. The van der Waals surface area contributed by atoms with Crippen molar-refractivity contribution in [1.29, 1.82) is 0 Å². The lowest BCUT2D eigenvalue weighted by molar-refractivity contribution is 0.288. The van der Waals surface area contributed by atoms with Gasteiger partial charge in [0.05, 0.1) is 0 Å². The lowest BCUT2D eigenvalue weighted by Crippen LogP contribution is -2.08. The fourth-order valence-corrected chi connectivity index (χ4v) is 2.03. The number of aliphatic hydroxyl groups excluding tert-OH is 1.